The average molecular weight is 235 g/mol. The lowest BCUT2D eigenvalue weighted by Gasteiger charge is -2.18. The maximum atomic E-state index is 11.4. The van der Waals surface area contributed by atoms with Crippen molar-refractivity contribution in [3.8, 4) is 0 Å². The molecule has 1 aromatic rings. The van der Waals surface area contributed by atoms with Gasteiger partial charge in [-0.3, -0.25) is 4.98 Å². The molecule has 0 saturated heterocycles. The van der Waals surface area contributed by atoms with Crippen LogP contribution in [0, 0.1) is 12.3 Å². The SMILES string of the molecule is COC(=O)c1cnc(C)c(CCC(C)(C)C)c1. The predicted octanol–water partition coefficient (Wildman–Crippen LogP) is 3.16. The minimum atomic E-state index is -0.325. The third-order valence-electron chi connectivity index (χ3n) is 2.76. The predicted molar refractivity (Wildman–Crippen MR) is 68.1 cm³/mol. The Balaban J connectivity index is 2.87. The number of pyridine rings is 1. The largest absolute Gasteiger partial charge is 0.465 e. The van der Waals surface area contributed by atoms with Crippen molar-refractivity contribution >= 4 is 5.97 Å². The number of methoxy groups -OCH3 is 1. The zero-order valence-corrected chi connectivity index (χ0v) is 11.3. The maximum Gasteiger partial charge on any atom is 0.339 e. The van der Waals surface area contributed by atoms with Crippen molar-refractivity contribution in [1.82, 2.24) is 4.98 Å². The van der Waals surface area contributed by atoms with Crippen LogP contribution >= 0.6 is 0 Å². The Morgan fingerprint density at radius 1 is 1.41 bits per heavy atom. The van der Waals surface area contributed by atoms with E-state index in [4.69, 9.17) is 4.74 Å². The first kappa shape index (κ1) is 13.7. The van der Waals surface area contributed by atoms with Crippen LogP contribution in [0.25, 0.3) is 0 Å². The van der Waals surface area contributed by atoms with Gasteiger partial charge in [-0.05, 0) is 36.8 Å². The van der Waals surface area contributed by atoms with Gasteiger partial charge in [0.25, 0.3) is 0 Å². The van der Waals surface area contributed by atoms with E-state index in [1.165, 1.54) is 7.11 Å². The molecular formula is C14H21NO2. The molecule has 17 heavy (non-hydrogen) atoms. The first-order valence-corrected chi connectivity index (χ1v) is 5.87. The molecule has 0 aliphatic rings. The van der Waals surface area contributed by atoms with Crippen molar-refractivity contribution < 1.29 is 9.53 Å². The van der Waals surface area contributed by atoms with Crippen molar-refractivity contribution in [1.29, 1.82) is 0 Å². The minimum absolute atomic E-state index is 0.285. The number of ether oxygens (including phenoxy) is 1. The number of esters is 1. The first-order valence-electron chi connectivity index (χ1n) is 5.87. The molecule has 3 nitrogen and oxygen atoms in total. The van der Waals surface area contributed by atoms with Gasteiger partial charge < -0.3 is 4.74 Å². The Morgan fingerprint density at radius 2 is 2.06 bits per heavy atom. The van der Waals surface area contributed by atoms with E-state index < -0.39 is 0 Å². The fourth-order valence-corrected chi connectivity index (χ4v) is 1.57. The molecule has 0 N–H and O–H groups in total. The summed E-state index contributed by atoms with van der Waals surface area (Å²) in [5, 5.41) is 0. The van der Waals surface area contributed by atoms with Crippen LogP contribution < -0.4 is 0 Å². The normalized spacial score (nSPS) is 11.4. The molecule has 0 aliphatic heterocycles. The van der Waals surface area contributed by atoms with Crippen LogP contribution in [-0.4, -0.2) is 18.1 Å². The maximum absolute atomic E-state index is 11.4. The molecule has 0 atom stereocenters. The Morgan fingerprint density at radius 3 is 2.59 bits per heavy atom. The second-order valence-electron chi connectivity index (χ2n) is 5.52. The van der Waals surface area contributed by atoms with E-state index >= 15 is 0 Å². The number of aryl methyl sites for hydroxylation is 2. The molecule has 1 heterocycles. The lowest BCUT2D eigenvalue weighted by molar-refractivity contribution is 0.0600. The number of carbonyl (C=O) groups is 1. The topological polar surface area (TPSA) is 39.2 Å². The molecule has 1 aromatic heterocycles. The van der Waals surface area contributed by atoms with Gasteiger partial charge in [0.05, 0.1) is 12.7 Å². The quantitative estimate of drug-likeness (QED) is 0.755. The summed E-state index contributed by atoms with van der Waals surface area (Å²) in [5.74, 6) is -0.325. The van der Waals surface area contributed by atoms with Crippen molar-refractivity contribution in [2.24, 2.45) is 5.41 Å². The van der Waals surface area contributed by atoms with Gasteiger partial charge in [0.1, 0.15) is 0 Å². The van der Waals surface area contributed by atoms with Gasteiger partial charge >= 0.3 is 5.97 Å². The summed E-state index contributed by atoms with van der Waals surface area (Å²) in [4.78, 5) is 15.7. The third-order valence-corrected chi connectivity index (χ3v) is 2.76. The van der Waals surface area contributed by atoms with Gasteiger partial charge in [-0.25, -0.2) is 4.79 Å². The number of hydrogen-bond donors (Lipinski definition) is 0. The Labute approximate surface area is 103 Å². The van der Waals surface area contributed by atoms with E-state index in [1.54, 1.807) is 6.20 Å². The molecule has 0 saturated carbocycles. The summed E-state index contributed by atoms with van der Waals surface area (Å²) < 4.78 is 4.70. The fraction of sp³-hybridized carbons (Fsp3) is 0.571. The highest BCUT2D eigenvalue weighted by atomic mass is 16.5. The van der Waals surface area contributed by atoms with Crippen LogP contribution in [0.4, 0.5) is 0 Å². The first-order chi connectivity index (χ1) is 7.83. The zero-order valence-electron chi connectivity index (χ0n) is 11.3. The summed E-state index contributed by atoms with van der Waals surface area (Å²) >= 11 is 0. The van der Waals surface area contributed by atoms with Crippen molar-refractivity contribution in [2.75, 3.05) is 7.11 Å². The molecule has 0 spiro atoms. The minimum Gasteiger partial charge on any atom is -0.465 e. The standard InChI is InChI=1S/C14H21NO2/c1-10-11(6-7-14(2,3)4)8-12(9-15-10)13(16)17-5/h8-9H,6-7H2,1-5H3. The summed E-state index contributed by atoms with van der Waals surface area (Å²) in [6.45, 7) is 8.60. The van der Waals surface area contributed by atoms with Crippen LogP contribution in [0.3, 0.4) is 0 Å². The van der Waals surface area contributed by atoms with Gasteiger partial charge in [-0.2, -0.15) is 0 Å². The lowest BCUT2D eigenvalue weighted by Crippen LogP contribution is -2.09. The molecule has 0 radical (unpaired) electrons. The number of carbonyl (C=O) groups excluding carboxylic acids is 1. The lowest BCUT2D eigenvalue weighted by atomic mass is 9.88. The summed E-state index contributed by atoms with van der Waals surface area (Å²) in [5.41, 5.74) is 2.93. The monoisotopic (exact) mass is 235 g/mol. The van der Waals surface area contributed by atoms with E-state index in [0.29, 0.717) is 5.56 Å². The third kappa shape index (κ3) is 4.17. The summed E-state index contributed by atoms with van der Waals surface area (Å²) in [6, 6.07) is 1.89. The number of hydrogen-bond acceptors (Lipinski definition) is 3. The van der Waals surface area contributed by atoms with E-state index in [1.807, 2.05) is 13.0 Å². The van der Waals surface area contributed by atoms with Crippen molar-refractivity contribution in [3.05, 3.63) is 29.1 Å². The van der Waals surface area contributed by atoms with Gasteiger partial charge in [0, 0.05) is 11.9 Å². The van der Waals surface area contributed by atoms with Crippen LogP contribution in [0.5, 0.6) is 0 Å². The highest BCUT2D eigenvalue weighted by Gasteiger charge is 2.13. The summed E-state index contributed by atoms with van der Waals surface area (Å²) in [7, 11) is 1.39. The van der Waals surface area contributed by atoms with E-state index in [0.717, 1.165) is 24.1 Å². The Bertz CT molecular complexity index is 405. The van der Waals surface area contributed by atoms with Gasteiger partial charge in [0.15, 0.2) is 0 Å². The molecule has 1 rings (SSSR count). The summed E-state index contributed by atoms with van der Waals surface area (Å²) in [6.07, 6.45) is 3.58. The van der Waals surface area contributed by atoms with Gasteiger partial charge in [-0.15, -0.1) is 0 Å². The highest BCUT2D eigenvalue weighted by Crippen LogP contribution is 2.22. The molecule has 0 fully saturated rings. The van der Waals surface area contributed by atoms with Crippen LogP contribution in [0.2, 0.25) is 0 Å². The number of aromatic nitrogens is 1. The molecule has 0 amide bonds. The van der Waals surface area contributed by atoms with Gasteiger partial charge in [-0.1, -0.05) is 20.8 Å². The molecule has 3 heteroatoms. The molecule has 0 bridgehead atoms. The second-order valence-corrected chi connectivity index (χ2v) is 5.52. The average Bonchev–Trinajstić information content (AvgIpc) is 2.26. The molecule has 94 valence electrons. The van der Waals surface area contributed by atoms with Crippen molar-refractivity contribution in [3.63, 3.8) is 0 Å². The zero-order chi connectivity index (χ0) is 13.1. The second kappa shape index (κ2) is 5.30. The van der Waals surface area contributed by atoms with E-state index in [2.05, 4.69) is 25.8 Å². The number of nitrogens with zero attached hydrogens (tertiary/aromatic N) is 1. The molecule has 0 aromatic carbocycles. The Kier molecular flexibility index (Phi) is 4.27. The highest BCUT2D eigenvalue weighted by molar-refractivity contribution is 5.89. The van der Waals surface area contributed by atoms with Gasteiger partial charge in [0.2, 0.25) is 0 Å². The van der Waals surface area contributed by atoms with Crippen LogP contribution in [-0.2, 0) is 11.2 Å². The molecule has 0 aliphatic carbocycles. The van der Waals surface area contributed by atoms with Crippen molar-refractivity contribution in [2.45, 2.75) is 40.5 Å². The molecule has 0 unspecified atom stereocenters. The van der Waals surface area contributed by atoms with E-state index in [-0.39, 0.29) is 11.4 Å². The van der Waals surface area contributed by atoms with Crippen LogP contribution in [0.1, 0.15) is 48.8 Å². The van der Waals surface area contributed by atoms with E-state index in [9.17, 15) is 4.79 Å². The molecular weight excluding hydrogens is 214 g/mol. The number of rotatable bonds is 3. The smallest absolute Gasteiger partial charge is 0.339 e. The fourth-order valence-electron chi connectivity index (χ4n) is 1.57. The Hall–Kier alpha value is -1.38. The van der Waals surface area contributed by atoms with Crippen LogP contribution in [0.15, 0.2) is 12.3 Å².